The minimum absolute atomic E-state index is 0.213. The number of hydrogen-bond donors (Lipinski definition) is 2. The van der Waals surface area contributed by atoms with Crippen molar-refractivity contribution in [2.75, 3.05) is 30.8 Å². The molecule has 26 heavy (non-hydrogen) atoms. The van der Waals surface area contributed by atoms with E-state index in [2.05, 4.69) is 14.9 Å². The number of nitrogen functional groups attached to an aromatic ring is 1. The highest BCUT2D eigenvalue weighted by Gasteiger charge is 2.29. The van der Waals surface area contributed by atoms with Gasteiger partial charge < -0.3 is 20.5 Å². The first-order valence-corrected chi connectivity index (χ1v) is 8.48. The van der Waals surface area contributed by atoms with Crippen LogP contribution in [0.25, 0.3) is 22.2 Å². The van der Waals surface area contributed by atoms with Gasteiger partial charge in [-0.25, -0.2) is 15.0 Å². The molecule has 1 saturated heterocycles. The van der Waals surface area contributed by atoms with Gasteiger partial charge in [0.2, 0.25) is 0 Å². The molecule has 0 amide bonds. The van der Waals surface area contributed by atoms with E-state index in [-0.39, 0.29) is 11.9 Å². The van der Waals surface area contributed by atoms with Crippen molar-refractivity contribution in [3.8, 4) is 17.0 Å². The van der Waals surface area contributed by atoms with Crippen LogP contribution in [0.4, 0.5) is 11.6 Å². The number of pyridine rings is 1. The van der Waals surface area contributed by atoms with Crippen LogP contribution in [0.1, 0.15) is 11.1 Å². The van der Waals surface area contributed by atoms with Crippen molar-refractivity contribution in [3.05, 3.63) is 35.7 Å². The van der Waals surface area contributed by atoms with E-state index in [1.165, 1.54) is 6.33 Å². The molecule has 0 aliphatic carbocycles. The predicted molar refractivity (Wildman–Crippen MR) is 101 cm³/mol. The van der Waals surface area contributed by atoms with Gasteiger partial charge >= 0.3 is 0 Å². The number of phenolic OH excluding ortho intramolecular Hbond substituents is 1. The third-order valence-electron chi connectivity index (χ3n) is 5.03. The summed E-state index contributed by atoms with van der Waals surface area (Å²) in [6.07, 6.45) is 1.66. The third-order valence-corrected chi connectivity index (χ3v) is 5.03. The van der Waals surface area contributed by atoms with Crippen LogP contribution in [0.5, 0.6) is 5.75 Å². The molecular formula is C19H21N5O2. The summed E-state index contributed by atoms with van der Waals surface area (Å²) in [7, 11) is 1.71. The minimum atomic E-state index is 0.213. The Morgan fingerprint density at radius 1 is 1.23 bits per heavy atom. The maximum atomic E-state index is 10.2. The smallest absolute Gasteiger partial charge is 0.134 e. The molecule has 3 N–H and O–H groups in total. The number of phenols is 1. The molecule has 2 aromatic heterocycles. The van der Waals surface area contributed by atoms with Gasteiger partial charge in [0.05, 0.1) is 11.8 Å². The van der Waals surface area contributed by atoms with Crippen LogP contribution in [0, 0.1) is 13.8 Å². The Hall–Kier alpha value is -2.93. The summed E-state index contributed by atoms with van der Waals surface area (Å²) in [5, 5.41) is 11.0. The Morgan fingerprint density at radius 3 is 2.73 bits per heavy atom. The highest BCUT2D eigenvalue weighted by Crippen LogP contribution is 2.37. The van der Waals surface area contributed by atoms with Crippen LogP contribution in [0.3, 0.4) is 0 Å². The first kappa shape index (κ1) is 16.5. The van der Waals surface area contributed by atoms with Gasteiger partial charge in [-0.05, 0) is 31.5 Å². The number of nitrogens with zero attached hydrogens (tertiary/aromatic N) is 4. The lowest BCUT2D eigenvalue weighted by atomic mass is 9.97. The molecule has 7 nitrogen and oxygen atoms in total. The Morgan fingerprint density at radius 2 is 2.00 bits per heavy atom. The second-order valence-corrected chi connectivity index (χ2v) is 6.65. The van der Waals surface area contributed by atoms with Gasteiger partial charge in [0.15, 0.2) is 0 Å². The summed E-state index contributed by atoms with van der Waals surface area (Å²) < 4.78 is 5.37. The van der Waals surface area contributed by atoms with Crippen LogP contribution < -0.4 is 10.6 Å². The van der Waals surface area contributed by atoms with Crippen LogP contribution >= 0.6 is 0 Å². The molecule has 1 aliphatic heterocycles. The zero-order valence-corrected chi connectivity index (χ0v) is 15.0. The van der Waals surface area contributed by atoms with E-state index >= 15 is 0 Å². The molecule has 3 aromatic rings. The summed E-state index contributed by atoms with van der Waals surface area (Å²) in [6, 6.07) is 5.50. The van der Waals surface area contributed by atoms with Crippen molar-refractivity contribution >= 4 is 22.5 Å². The van der Waals surface area contributed by atoms with Crippen molar-refractivity contribution in [3.63, 3.8) is 0 Å². The molecular weight excluding hydrogens is 330 g/mol. The second kappa shape index (κ2) is 6.10. The maximum Gasteiger partial charge on any atom is 0.134 e. The van der Waals surface area contributed by atoms with E-state index in [1.807, 2.05) is 26.0 Å². The number of aryl methyl sites for hydroxylation is 1. The van der Waals surface area contributed by atoms with Crippen molar-refractivity contribution in [2.24, 2.45) is 0 Å². The first-order valence-electron chi connectivity index (χ1n) is 8.48. The molecule has 4 rings (SSSR count). The van der Waals surface area contributed by atoms with Gasteiger partial charge in [0, 0.05) is 36.7 Å². The minimum Gasteiger partial charge on any atom is -0.508 e. The Labute approximate surface area is 151 Å². The average molecular weight is 351 g/mol. The molecule has 7 heteroatoms. The van der Waals surface area contributed by atoms with Crippen molar-refractivity contribution < 1.29 is 9.84 Å². The fourth-order valence-electron chi connectivity index (χ4n) is 3.38. The highest BCUT2D eigenvalue weighted by atomic mass is 16.5. The van der Waals surface area contributed by atoms with Crippen LogP contribution in [0.15, 0.2) is 24.5 Å². The van der Waals surface area contributed by atoms with Crippen molar-refractivity contribution in [1.29, 1.82) is 0 Å². The van der Waals surface area contributed by atoms with Crippen molar-refractivity contribution in [2.45, 2.75) is 20.0 Å². The molecule has 1 aliphatic rings. The van der Waals surface area contributed by atoms with E-state index in [4.69, 9.17) is 15.5 Å². The summed E-state index contributed by atoms with van der Waals surface area (Å²) in [4.78, 5) is 15.6. The lowest BCUT2D eigenvalue weighted by Gasteiger charge is -2.39. The molecule has 0 spiro atoms. The third kappa shape index (κ3) is 2.52. The quantitative estimate of drug-likeness (QED) is 0.748. The van der Waals surface area contributed by atoms with E-state index in [9.17, 15) is 5.11 Å². The zero-order valence-electron chi connectivity index (χ0n) is 15.0. The first-order chi connectivity index (χ1) is 12.5. The van der Waals surface area contributed by atoms with Crippen LogP contribution in [-0.4, -0.2) is 46.4 Å². The van der Waals surface area contributed by atoms with E-state index in [0.717, 1.165) is 41.0 Å². The monoisotopic (exact) mass is 351 g/mol. The number of nitrogens with two attached hydrogens (primary N) is 1. The zero-order chi connectivity index (χ0) is 18.4. The number of aromatic hydroxyl groups is 1. The Bertz CT molecular complexity index is 999. The number of benzene rings is 1. The summed E-state index contributed by atoms with van der Waals surface area (Å²) >= 11 is 0. The van der Waals surface area contributed by atoms with Gasteiger partial charge in [-0.2, -0.15) is 0 Å². The predicted octanol–water partition coefficient (Wildman–Crippen LogP) is 2.43. The Kier molecular flexibility index (Phi) is 3.88. The normalized spacial score (nSPS) is 14.7. The number of rotatable bonds is 3. The summed E-state index contributed by atoms with van der Waals surface area (Å²) in [5.74, 6) is 1.46. The van der Waals surface area contributed by atoms with Crippen LogP contribution in [0.2, 0.25) is 0 Å². The van der Waals surface area contributed by atoms with Crippen LogP contribution in [-0.2, 0) is 4.74 Å². The van der Waals surface area contributed by atoms with Gasteiger partial charge in [0.1, 0.15) is 29.2 Å². The standard InChI is InChI=1S/C19H21N5O2/c1-10-4-5-14(25)11(2)16(10)18-17-13(19(20)22-9-21-17)6-15(23-18)24-7-12(8-24)26-3/h4-6,9,12,25H,7-8H2,1-3H3,(H2,20,21,22). The van der Waals surface area contributed by atoms with E-state index < -0.39 is 0 Å². The van der Waals surface area contributed by atoms with Gasteiger partial charge in [-0.3, -0.25) is 0 Å². The fraction of sp³-hybridized carbons (Fsp3) is 0.316. The number of aromatic nitrogens is 3. The SMILES string of the molecule is COC1CN(c2cc3c(N)ncnc3c(-c3c(C)ccc(O)c3C)n2)C1. The number of hydrogen-bond acceptors (Lipinski definition) is 7. The molecule has 1 aromatic carbocycles. The summed E-state index contributed by atoms with van der Waals surface area (Å²) in [5.41, 5.74) is 10.2. The van der Waals surface area contributed by atoms with Crippen molar-refractivity contribution in [1.82, 2.24) is 15.0 Å². The average Bonchev–Trinajstić information content (AvgIpc) is 2.58. The lowest BCUT2D eigenvalue weighted by Crippen LogP contribution is -2.52. The largest absolute Gasteiger partial charge is 0.508 e. The van der Waals surface area contributed by atoms with E-state index in [1.54, 1.807) is 13.2 Å². The summed E-state index contributed by atoms with van der Waals surface area (Å²) in [6.45, 7) is 5.43. The molecule has 0 unspecified atom stereocenters. The molecule has 0 bridgehead atoms. The number of ether oxygens (including phenoxy) is 1. The lowest BCUT2D eigenvalue weighted by molar-refractivity contribution is 0.0783. The number of fused-ring (bicyclic) bond motifs is 1. The molecule has 0 atom stereocenters. The molecule has 134 valence electrons. The fourth-order valence-corrected chi connectivity index (χ4v) is 3.38. The van der Waals surface area contributed by atoms with Gasteiger partial charge in [-0.15, -0.1) is 0 Å². The van der Waals surface area contributed by atoms with Gasteiger partial charge in [-0.1, -0.05) is 6.07 Å². The topological polar surface area (TPSA) is 97.4 Å². The second-order valence-electron chi connectivity index (χ2n) is 6.65. The molecule has 1 fully saturated rings. The van der Waals surface area contributed by atoms with Gasteiger partial charge in [0.25, 0.3) is 0 Å². The number of methoxy groups -OCH3 is 1. The van der Waals surface area contributed by atoms with E-state index in [0.29, 0.717) is 17.0 Å². The molecule has 0 radical (unpaired) electrons. The Balaban J connectivity index is 1.97. The maximum absolute atomic E-state index is 10.2. The number of anilines is 2. The molecule has 0 saturated carbocycles. The molecule has 3 heterocycles. The highest BCUT2D eigenvalue weighted by molar-refractivity contribution is 5.99.